The zero-order chi connectivity index (χ0) is 9.26. The molecule has 1 aromatic rings. The second-order valence-corrected chi connectivity index (χ2v) is 4.83. The normalized spacial score (nSPS) is 26.6. The lowest BCUT2D eigenvalue weighted by molar-refractivity contribution is 0.373. The molecule has 0 saturated heterocycles. The summed E-state index contributed by atoms with van der Waals surface area (Å²) in [6.45, 7) is 0. The van der Waals surface area contributed by atoms with Crippen LogP contribution in [-0.4, -0.2) is 12.1 Å². The predicted molar refractivity (Wildman–Crippen MR) is 63.8 cm³/mol. The molecule has 0 spiro atoms. The highest BCUT2D eigenvalue weighted by Gasteiger charge is 2.25. The van der Waals surface area contributed by atoms with Crippen molar-refractivity contribution in [1.29, 1.82) is 0 Å². The molecule has 13 heavy (non-hydrogen) atoms. The average Bonchev–Trinajstić information content (AvgIpc) is 2.01. The van der Waals surface area contributed by atoms with Crippen molar-refractivity contribution in [1.82, 2.24) is 0 Å². The summed E-state index contributed by atoms with van der Waals surface area (Å²) in [5.41, 5.74) is 6.92. The highest BCUT2D eigenvalue weighted by Crippen LogP contribution is 2.23. The van der Waals surface area contributed by atoms with Crippen LogP contribution in [0, 0.1) is 3.57 Å². The third-order valence-corrected chi connectivity index (χ3v) is 3.04. The van der Waals surface area contributed by atoms with Gasteiger partial charge >= 0.3 is 0 Å². The van der Waals surface area contributed by atoms with Crippen molar-refractivity contribution in [2.75, 3.05) is 5.32 Å². The minimum absolute atomic E-state index is 0.417. The van der Waals surface area contributed by atoms with Crippen LogP contribution in [0.4, 0.5) is 5.69 Å². The van der Waals surface area contributed by atoms with Crippen molar-refractivity contribution >= 4 is 28.3 Å². The third-order valence-electron chi connectivity index (χ3n) is 2.37. The number of rotatable bonds is 2. The van der Waals surface area contributed by atoms with Gasteiger partial charge in [0.1, 0.15) is 0 Å². The van der Waals surface area contributed by atoms with Gasteiger partial charge in [-0.25, -0.2) is 0 Å². The van der Waals surface area contributed by atoms with E-state index in [9.17, 15) is 0 Å². The first-order valence-electron chi connectivity index (χ1n) is 4.52. The maximum atomic E-state index is 5.71. The smallest absolute Gasteiger partial charge is 0.0352 e. The van der Waals surface area contributed by atoms with Crippen LogP contribution in [0.25, 0.3) is 0 Å². The first-order chi connectivity index (χ1) is 6.24. The fourth-order valence-electron chi connectivity index (χ4n) is 1.59. The largest absolute Gasteiger partial charge is 0.382 e. The Labute approximate surface area is 92.0 Å². The molecule has 0 bridgehead atoms. The number of hydrogen-bond donors (Lipinski definition) is 2. The topological polar surface area (TPSA) is 38.0 Å². The Bertz CT molecular complexity index is 295. The first-order valence-corrected chi connectivity index (χ1v) is 5.59. The molecule has 0 aliphatic heterocycles. The van der Waals surface area contributed by atoms with Crippen LogP contribution in [0.2, 0.25) is 0 Å². The van der Waals surface area contributed by atoms with Crippen LogP contribution in [0.5, 0.6) is 0 Å². The SMILES string of the molecule is NC1CC(Nc2cccc(I)c2)C1. The summed E-state index contributed by atoms with van der Waals surface area (Å²) in [6.07, 6.45) is 2.21. The first kappa shape index (κ1) is 9.27. The maximum absolute atomic E-state index is 5.71. The van der Waals surface area contributed by atoms with Crippen molar-refractivity contribution in [3.05, 3.63) is 27.8 Å². The fraction of sp³-hybridized carbons (Fsp3) is 0.400. The Morgan fingerprint density at radius 1 is 1.38 bits per heavy atom. The van der Waals surface area contributed by atoms with E-state index >= 15 is 0 Å². The van der Waals surface area contributed by atoms with Crippen molar-refractivity contribution in [3.8, 4) is 0 Å². The van der Waals surface area contributed by atoms with Crippen LogP contribution < -0.4 is 11.1 Å². The van der Waals surface area contributed by atoms with Gasteiger partial charge in [0.25, 0.3) is 0 Å². The molecule has 1 saturated carbocycles. The van der Waals surface area contributed by atoms with Gasteiger partial charge in [0.2, 0.25) is 0 Å². The van der Waals surface area contributed by atoms with Gasteiger partial charge in [0.05, 0.1) is 0 Å². The van der Waals surface area contributed by atoms with E-state index in [2.05, 4.69) is 52.2 Å². The number of benzene rings is 1. The molecule has 0 radical (unpaired) electrons. The molecule has 1 aromatic carbocycles. The van der Waals surface area contributed by atoms with Crippen molar-refractivity contribution in [2.24, 2.45) is 5.73 Å². The highest BCUT2D eigenvalue weighted by atomic mass is 127. The summed E-state index contributed by atoms with van der Waals surface area (Å²) in [5.74, 6) is 0. The predicted octanol–water partition coefficient (Wildman–Crippen LogP) is 2.19. The molecule has 2 rings (SSSR count). The minimum atomic E-state index is 0.417. The van der Waals surface area contributed by atoms with E-state index in [0.29, 0.717) is 12.1 Å². The quantitative estimate of drug-likeness (QED) is 0.819. The van der Waals surface area contributed by atoms with E-state index in [0.717, 1.165) is 12.8 Å². The molecule has 1 aliphatic carbocycles. The fourth-order valence-corrected chi connectivity index (χ4v) is 2.14. The van der Waals surface area contributed by atoms with Crippen LogP contribution in [0.3, 0.4) is 0 Å². The second kappa shape index (κ2) is 3.84. The van der Waals surface area contributed by atoms with Crippen molar-refractivity contribution in [3.63, 3.8) is 0 Å². The maximum Gasteiger partial charge on any atom is 0.0352 e. The molecular formula is C10H13IN2. The zero-order valence-electron chi connectivity index (χ0n) is 7.33. The average molecular weight is 288 g/mol. The Morgan fingerprint density at radius 2 is 2.15 bits per heavy atom. The molecule has 3 heteroatoms. The number of halogens is 1. The standard InChI is InChI=1S/C10H13IN2/c11-7-2-1-3-9(4-7)13-10-5-8(12)6-10/h1-4,8,10,13H,5-6,12H2. The number of nitrogens with two attached hydrogens (primary N) is 1. The van der Waals surface area contributed by atoms with Gasteiger partial charge in [-0.05, 0) is 53.6 Å². The number of nitrogens with one attached hydrogen (secondary N) is 1. The molecule has 0 amide bonds. The zero-order valence-corrected chi connectivity index (χ0v) is 9.49. The molecule has 70 valence electrons. The van der Waals surface area contributed by atoms with E-state index in [1.165, 1.54) is 9.26 Å². The van der Waals surface area contributed by atoms with E-state index < -0.39 is 0 Å². The van der Waals surface area contributed by atoms with Crippen LogP contribution in [-0.2, 0) is 0 Å². The van der Waals surface area contributed by atoms with Gasteiger partial charge in [-0.3, -0.25) is 0 Å². The second-order valence-electron chi connectivity index (χ2n) is 3.58. The van der Waals surface area contributed by atoms with Crippen LogP contribution in [0.15, 0.2) is 24.3 Å². The van der Waals surface area contributed by atoms with E-state index in [1.54, 1.807) is 0 Å². The molecule has 0 unspecified atom stereocenters. The molecule has 0 aromatic heterocycles. The van der Waals surface area contributed by atoms with E-state index in [1.807, 2.05) is 0 Å². The Hall–Kier alpha value is -0.290. The Kier molecular flexibility index (Phi) is 2.74. The summed E-state index contributed by atoms with van der Waals surface area (Å²) in [5, 5.41) is 3.46. The third kappa shape index (κ3) is 2.34. The molecule has 0 atom stereocenters. The summed E-state index contributed by atoms with van der Waals surface area (Å²) in [6, 6.07) is 9.44. The van der Waals surface area contributed by atoms with E-state index in [4.69, 9.17) is 5.73 Å². The highest BCUT2D eigenvalue weighted by molar-refractivity contribution is 14.1. The molecule has 0 heterocycles. The van der Waals surface area contributed by atoms with Crippen LogP contribution >= 0.6 is 22.6 Å². The van der Waals surface area contributed by atoms with Gasteiger partial charge in [-0.2, -0.15) is 0 Å². The number of anilines is 1. The monoisotopic (exact) mass is 288 g/mol. The summed E-state index contributed by atoms with van der Waals surface area (Å²) >= 11 is 2.32. The Balaban J connectivity index is 1.94. The lowest BCUT2D eigenvalue weighted by Gasteiger charge is -2.33. The molecule has 2 nitrogen and oxygen atoms in total. The lowest BCUT2D eigenvalue weighted by atomic mass is 9.87. The van der Waals surface area contributed by atoms with E-state index in [-0.39, 0.29) is 0 Å². The van der Waals surface area contributed by atoms with Gasteiger partial charge in [-0.1, -0.05) is 6.07 Å². The van der Waals surface area contributed by atoms with Crippen molar-refractivity contribution in [2.45, 2.75) is 24.9 Å². The molecule has 1 fully saturated rings. The van der Waals surface area contributed by atoms with Gasteiger partial charge in [0.15, 0.2) is 0 Å². The summed E-state index contributed by atoms with van der Waals surface area (Å²) < 4.78 is 1.27. The van der Waals surface area contributed by atoms with Crippen molar-refractivity contribution < 1.29 is 0 Å². The number of hydrogen-bond acceptors (Lipinski definition) is 2. The minimum Gasteiger partial charge on any atom is -0.382 e. The molecule has 3 N–H and O–H groups in total. The lowest BCUT2D eigenvalue weighted by Crippen LogP contribution is -2.44. The van der Waals surface area contributed by atoms with Gasteiger partial charge < -0.3 is 11.1 Å². The summed E-state index contributed by atoms with van der Waals surface area (Å²) in [4.78, 5) is 0. The molecule has 1 aliphatic rings. The Morgan fingerprint density at radius 3 is 2.77 bits per heavy atom. The molecular weight excluding hydrogens is 275 g/mol. The summed E-state index contributed by atoms with van der Waals surface area (Å²) in [7, 11) is 0. The van der Waals surface area contributed by atoms with Gasteiger partial charge in [-0.15, -0.1) is 0 Å². The van der Waals surface area contributed by atoms with Gasteiger partial charge in [0, 0.05) is 21.3 Å². The van der Waals surface area contributed by atoms with Crippen LogP contribution in [0.1, 0.15) is 12.8 Å².